The second kappa shape index (κ2) is 9.83. The van der Waals surface area contributed by atoms with Gasteiger partial charge in [0.05, 0.1) is 10.6 Å². The monoisotopic (exact) mass is 598 g/mol. The van der Waals surface area contributed by atoms with Crippen molar-refractivity contribution in [2.45, 2.75) is 18.3 Å². The van der Waals surface area contributed by atoms with Crippen LogP contribution in [0, 0.1) is 0 Å². The molecule has 0 aliphatic heterocycles. The lowest BCUT2D eigenvalue weighted by atomic mass is 10.0. The molecular formula is C23H12Cl2F8N4O2. The lowest BCUT2D eigenvalue weighted by Crippen LogP contribution is -2.36. The summed E-state index contributed by atoms with van der Waals surface area (Å²) in [4.78, 5) is 12.7. The van der Waals surface area contributed by atoms with Crippen LogP contribution < -0.4 is 5.32 Å². The van der Waals surface area contributed by atoms with E-state index in [1.807, 2.05) is 0 Å². The lowest BCUT2D eigenvalue weighted by molar-refractivity contribution is -0.292. The van der Waals surface area contributed by atoms with Crippen LogP contribution in [-0.4, -0.2) is 27.0 Å². The third kappa shape index (κ3) is 5.43. The molecule has 0 saturated carbocycles. The summed E-state index contributed by atoms with van der Waals surface area (Å²) in [6.07, 6.45) is -12.0. The van der Waals surface area contributed by atoms with Crippen molar-refractivity contribution < 1.29 is 44.4 Å². The predicted octanol–water partition coefficient (Wildman–Crippen LogP) is 7.97. The van der Waals surface area contributed by atoms with E-state index in [0.29, 0.717) is 10.7 Å². The Hall–Kier alpha value is -3.65. The average Bonchev–Trinajstić information content (AvgIpc) is 3.44. The first-order valence-corrected chi connectivity index (χ1v) is 11.2. The fraction of sp³-hybridized carbons (Fsp3) is 0.174. The van der Waals surface area contributed by atoms with Gasteiger partial charge in [0.2, 0.25) is 0 Å². The third-order valence-corrected chi connectivity index (χ3v) is 5.92. The molecule has 39 heavy (non-hydrogen) atoms. The molecule has 16 heteroatoms. The van der Waals surface area contributed by atoms with Gasteiger partial charge in [-0.15, -0.1) is 0 Å². The summed E-state index contributed by atoms with van der Waals surface area (Å²) in [5.74, 6) is -6.84. The number of aryl methyl sites for hydroxylation is 1. The molecule has 6 nitrogen and oxygen atoms in total. The van der Waals surface area contributed by atoms with Gasteiger partial charge in [0.15, 0.2) is 11.5 Å². The molecule has 0 fully saturated rings. The highest BCUT2D eigenvalue weighted by molar-refractivity contribution is 6.34. The Morgan fingerprint density at radius 1 is 0.949 bits per heavy atom. The highest BCUT2D eigenvalue weighted by Gasteiger charge is 2.64. The number of carbonyl (C=O) groups excluding carboxylic acids is 1. The predicted molar refractivity (Wildman–Crippen MR) is 124 cm³/mol. The van der Waals surface area contributed by atoms with E-state index < -0.39 is 46.8 Å². The molecule has 0 bridgehead atoms. The molecule has 2 aromatic carbocycles. The van der Waals surface area contributed by atoms with Gasteiger partial charge < -0.3 is 9.84 Å². The number of alkyl halides is 8. The first-order valence-electron chi connectivity index (χ1n) is 10.4. The van der Waals surface area contributed by atoms with Gasteiger partial charge in [-0.2, -0.15) is 40.2 Å². The minimum atomic E-state index is -6.35. The van der Waals surface area contributed by atoms with Gasteiger partial charge in [-0.25, -0.2) is 0 Å². The molecular weight excluding hydrogens is 587 g/mol. The van der Waals surface area contributed by atoms with Gasteiger partial charge in [-0.1, -0.05) is 28.4 Å². The minimum absolute atomic E-state index is 0.00466. The smallest absolute Gasteiger partial charge is 0.356 e. The normalized spacial score (nSPS) is 12.6. The van der Waals surface area contributed by atoms with E-state index >= 15 is 0 Å². The zero-order valence-corrected chi connectivity index (χ0v) is 20.6. The van der Waals surface area contributed by atoms with Crippen LogP contribution in [0.15, 0.2) is 53.1 Å². The van der Waals surface area contributed by atoms with Gasteiger partial charge in [0.25, 0.3) is 5.91 Å². The van der Waals surface area contributed by atoms with Crippen molar-refractivity contribution in [1.29, 1.82) is 0 Å². The van der Waals surface area contributed by atoms with Crippen molar-refractivity contribution >= 4 is 34.8 Å². The maximum Gasteiger partial charge on any atom is 0.459 e. The molecule has 0 aliphatic rings. The second-order valence-electron chi connectivity index (χ2n) is 8.00. The summed E-state index contributed by atoms with van der Waals surface area (Å²) in [6.45, 7) is 0. The van der Waals surface area contributed by atoms with E-state index in [1.54, 1.807) is 0 Å². The Morgan fingerprint density at radius 2 is 1.59 bits per heavy atom. The van der Waals surface area contributed by atoms with Crippen LogP contribution in [0.2, 0.25) is 10.0 Å². The van der Waals surface area contributed by atoms with Crippen molar-refractivity contribution in [3.05, 3.63) is 75.4 Å². The number of rotatable bonds is 5. The van der Waals surface area contributed by atoms with Crippen LogP contribution in [0.4, 0.5) is 40.8 Å². The summed E-state index contributed by atoms with van der Waals surface area (Å²) < 4.78 is 113. The maximum absolute atomic E-state index is 14.0. The molecule has 0 unspecified atom stereocenters. The summed E-state index contributed by atoms with van der Waals surface area (Å²) >= 11 is 11.9. The van der Waals surface area contributed by atoms with Crippen molar-refractivity contribution in [2.24, 2.45) is 7.05 Å². The largest absolute Gasteiger partial charge is 0.459 e. The first-order chi connectivity index (χ1) is 18.0. The Balaban J connectivity index is 1.74. The molecule has 0 saturated heterocycles. The van der Waals surface area contributed by atoms with Crippen LogP contribution in [0.3, 0.4) is 0 Å². The Labute approximate surface area is 223 Å². The quantitative estimate of drug-likeness (QED) is 0.236. The number of nitrogens with one attached hydrogen (secondary N) is 1. The van der Waals surface area contributed by atoms with Crippen LogP contribution in [0.1, 0.15) is 21.6 Å². The maximum atomic E-state index is 14.0. The van der Waals surface area contributed by atoms with Gasteiger partial charge in [-0.3, -0.25) is 9.48 Å². The van der Waals surface area contributed by atoms with Crippen molar-refractivity contribution in [2.75, 3.05) is 5.32 Å². The molecule has 0 atom stereocenters. The highest BCUT2D eigenvalue weighted by Crippen LogP contribution is 2.50. The standard InChI is InChI=1S/C23H12Cl2F8N4O2/c1-37-18(17(22(28,29)30)19(35-37)21(26,27)23(31,32)33)15-9-16(39-36-15)10-2-7-14(25)13(8-10)20(38)34-12-5-3-11(24)4-6-12/h2-9H,1H3,(H,34,38). The molecule has 1 amide bonds. The van der Waals surface area contributed by atoms with Gasteiger partial charge in [0, 0.05) is 29.4 Å². The third-order valence-electron chi connectivity index (χ3n) is 5.33. The molecule has 206 valence electrons. The molecule has 2 heterocycles. The molecule has 1 N–H and O–H groups in total. The van der Waals surface area contributed by atoms with E-state index in [-0.39, 0.29) is 26.6 Å². The minimum Gasteiger partial charge on any atom is -0.356 e. The lowest BCUT2D eigenvalue weighted by Gasteiger charge is -2.19. The summed E-state index contributed by atoms with van der Waals surface area (Å²) in [5.41, 5.74) is -6.41. The van der Waals surface area contributed by atoms with Crippen molar-refractivity contribution in [3.63, 3.8) is 0 Å². The first kappa shape index (κ1) is 28.4. The number of carbonyl (C=O) groups is 1. The van der Waals surface area contributed by atoms with Crippen LogP contribution in [0.25, 0.3) is 22.7 Å². The molecule has 4 rings (SSSR count). The van der Waals surface area contributed by atoms with Crippen molar-refractivity contribution in [1.82, 2.24) is 14.9 Å². The number of benzene rings is 2. The van der Waals surface area contributed by atoms with Crippen LogP contribution >= 0.6 is 23.2 Å². The summed E-state index contributed by atoms with van der Waals surface area (Å²) in [7, 11) is 0.746. The topological polar surface area (TPSA) is 73.0 Å². The number of aromatic nitrogens is 3. The van der Waals surface area contributed by atoms with Crippen LogP contribution in [0.5, 0.6) is 0 Å². The number of hydrogen-bond donors (Lipinski definition) is 1. The Bertz CT molecular complexity index is 1540. The average molecular weight is 599 g/mol. The molecule has 0 radical (unpaired) electrons. The van der Waals surface area contributed by atoms with E-state index in [9.17, 15) is 39.9 Å². The van der Waals surface area contributed by atoms with Crippen molar-refractivity contribution in [3.8, 4) is 22.7 Å². The van der Waals surface area contributed by atoms with Gasteiger partial charge in [-0.05, 0) is 42.5 Å². The molecule has 0 spiro atoms. The summed E-state index contributed by atoms with van der Waals surface area (Å²) in [6, 6.07) is 10.8. The fourth-order valence-corrected chi connectivity index (χ4v) is 3.88. The van der Waals surface area contributed by atoms with Gasteiger partial charge in [0.1, 0.15) is 17.0 Å². The zero-order valence-electron chi connectivity index (χ0n) is 19.1. The number of halogens is 10. The number of anilines is 1. The van der Waals surface area contributed by atoms with E-state index in [0.717, 1.165) is 13.1 Å². The van der Waals surface area contributed by atoms with E-state index in [2.05, 4.69) is 15.6 Å². The highest BCUT2D eigenvalue weighted by atomic mass is 35.5. The number of hydrogen-bond acceptors (Lipinski definition) is 4. The Kier molecular flexibility index (Phi) is 7.15. The van der Waals surface area contributed by atoms with E-state index in [1.165, 1.54) is 42.5 Å². The number of nitrogens with zero attached hydrogens (tertiary/aromatic N) is 3. The van der Waals surface area contributed by atoms with E-state index in [4.69, 9.17) is 27.7 Å². The summed E-state index contributed by atoms with van der Waals surface area (Å²) in [5, 5.41) is 9.24. The fourth-order valence-electron chi connectivity index (χ4n) is 3.55. The second-order valence-corrected chi connectivity index (χ2v) is 8.84. The SMILES string of the molecule is Cn1nc(C(F)(F)C(F)(F)F)c(C(F)(F)F)c1-c1cc(-c2ccc(Cl)c(C(=O)Nc3ccc(Cl)cc3)c2)on1. The zero-order chi connectivity index (χ0) is 28.9. The number of amides is 1. The Morgan fingerprint density at radius 3 is 2.18 bits per heavy atom. The molecule has 2 aromatic heterocycles. The van der Waals surface area contributed by atoms with Crippen LogP contribution in [-0.2, 0) is 19.1 Å². The van der Waals surface area contributed by atoms with Gasteiger partial charge >= 0.3 is 18.3 Å². The molecule has 4 aromatic rings. The molecule has 0 aliphatic carbocycles.